The van der Waals surface area contributed by atoms with Crippen LogP contribution in [-0.4, -0.2) is 17.1 Å². The van der Waals surface area contributed by atoms with E-state index in [1.807, 2.05) is 0 Å². The summed E-state index contributed by atoms with van der Waals surface area (Å²) in [4.78, 5) is 11.2. The quantitative estimate of drug-likeness (QED) is 0.701. The first kappa shape index (κ1) is 12.1. The fourth-order valence-corrected chi connectivity index (χ4v) is 1.38. The lowest BCUT2D eigenvalue weighted by Gasteiger charge is -2.09. The van der Waals surface area contributed by atoms with Crippen molar-refractivity contribution in [3.63, 3.8) is 0 Å². The van der Waals surface area contributed by atoms with Gasteiger partial charge >= 0.3 is 0 Å². The third-order valence-electron chi connectivity index (χ3n) is 1.70. The standard InChI is InChI=1S/C9H10Cl2N2O2/c1-4(12)9(15)13-5-2-6(10)8(14)7(11)3-5/h2-4,14H,12H2,1H3,(H,13,15)/t4-/m1/s1. The van der Waals surface area contributed by atoms with Crippen molar-refractivity contribution in [3.05, 3.63) is 22.2 Å². The summed E-state index contributed by atoms with van der Waals surface area (Å²) in [5, 5.41) is 11.9. The van der Waals surface area contributed by atoms with E-state index in [0.29, 0.717) is 5.69 Å². The lowest BCUT2D eigenvalue weighted by Crippen LogP contribution is -2.32. The van der Waals surface area contributed by atoms with Gasteiger partial charge in [0.05, 0.1) is 16.1 Å². The van der Waals surface area contributed by atoms with E-state index in [9.17, 15) is 9.90 Å². The average Bonchev–Trinajstić information content (AvgIpc) is 2.13. The third-order valence-corrected chi connectivity index (χ3v) is 2.27. The third kappa shape index (κ3) is 2.99. The van der Waals surface area contributed by atoms with Crippen LogP contribution in [0.3, 0.4) is 0 Å². The SMILES string of the molecule is C[C@@H](N)C(=O)Nc1cc(Cl)c(O)c(Cl)c1. The van der Waals surface area contributed by atoms with Crippen molar-refractivity contribution in [3.8, 4) is 5.75 Å². The second-order valence-electron chi connectivity index (χ2n) is 3.07. The van der Waals surface area contributed by atoms with Gasteiger partial charge in [-0.3, -0.25) is 4.79 Å². The Morgan fingerprint density at radius 2 is 1.93 bits per heavy atom. The number of phenols is 1. The van der Waals surface area contributed by atoms with E-state index in [0.717, 1.165) is 0 Å². The number of amides is 1. The van der Waals surface area contributed by atoms with Crippen LogP contribution in [0.25, 0.3) is 0 Å². The van der Waals surface area contributed by atoms with Gasteiger partial charge in [-0.25, -0.2) is 0 Å². The molecule has 1 atom stereocenters. The summed E-state index contributed by atoms with van der Waals surface area (Å²) in [5.74, 6) is -0.565. The number of nitrogens with two attached hydrogens (primary N) is 1. The smallest absolute Gasteiger partial charge is 0.241 e. The molecule has 0 saturated carbocycles. The highest BCUT2D eigenvalue weighted by atomic mass is 35.5. The molecule has 1 rings (SSSR count). The number of hydrogen-bond donors (Lipinski definition) is 3. The predicted molar refractivity (Wildman–Crippen MR) is 60.4 cm³/mol. The number of hydrogen-bond acceptors (Lipinski definition) is 3. The Morgan fingerprint density at radius 1 is 1.47 bits per heavy atom. The molecular formula is C9H10Cl2N2O2. The maximum Gasteiger partial charge on any atom is 0.241 e. The van der Waals surface area contributed by atoms with Gasteiger partial charge in [-0.15, -0.1) is 0 Å². The van der Waals surface area contributed by atoms with Crippen molar-refractivity contribution in [2.24, 2.45) is 5.73 Å². The summed E-state index contributed by atoms with van der Waals surface area (Å²) < 4.78 is 0. The Balaban J connectivity index is 2.93. The van der Waals surface area contributed by atoms with Crippen molar-refractivity contribution in [1.29, 1.82) is 0 Å². The molecular weight excluding hydrogens is 239 g/mol. The van der Waals surface area contributed by atoms with Gasteiger partial charge in [0, 0.05) is 5.69 Å². The van der Waals surface area contributed by atoms with Gasteiger partial charge in [-0.2, -0.15) is 0 Å². The summed E-state index contributed by atoms with van der Waals surface area (Å²) in [5.41, 5.74) is 5.76. The molecule has 82 valence electrons. The van der Waals surface area contributed by atoms with Crippen LogP contribution >= 0.6 is 23.2 Å². The number of rotatable bonds is 2. The molecule has 0 bridgehead atoms. The second-order valence-corrected chi connectivity index (χ2v) is 3.88. The molecule has 0 aliphatic heterocycles. The van der Waals surface area contributed by atoms with E-state index in [-0.39, 0.29) is 21.7 Å². The zero-order valence-electron chi connectivity index (χ0n) is 7.92. The maximum absolute atomic E-state index is 11.2. The molecule has 4 nitrogen and oxygen atoms in total. The Labute approximate surface area is 97.0 Å². The van der Waals surface area contributed by atoms with E-state index in [2.05, 4.69) is 5.32 Å². The second kappa shape index (κ2) is 4.70. The van der Waals surface area contributed by atoms with Gasteiger partial charge in [0.25, 0.3) is 0 Å². The zero-order valence-corrected chi connectivity index (χ0v) is 9.43. The van der Waals surface area contributed by atoms with E-state index in [1.165, 1.54) is 12.1 Å². The number of carbonyl (C=O) groups excluding carboxylic acids is 1. The van der Waals surface area contributed by atoms with Gasteiger partial charge in [-0.1, -0.05) is 23.2 Å². The number of aromatic hydroxyl groups is 1. The molecule has 4 N–H and O–H groups in total. The van der Waals surface area contributed by atoms with Crippen molar-refractivity contribution in [2.45, 2.75) is 13.0 Å². The number of halogens is 2. The molecule has 0 heterocycles. The average molecular weight is 249 g/mol. The molecule has 1 aromatic carbocycles. The summed E-state index contributed by atoms with van der Waals surface area (Å²) in [6.07, 6.45) is 0. The lowest BCUT2D eigenvalue weighted by molar-refractivity contribution is -0.117. The van der Waals surface area contributed by atoms with Crippen LogP contribution in [0.5, 0.6) is 5.75 Å². The van der Waals surface area contributed by atoms with Crippen LogP contribution in [-0.2, 0) is 4.79 Å². The largest absolute Gasteiger partial charge is 0.505 e. The van der Waals surface area contributed by atoms with E-state index in [4.69, 9.17) is 28.9 Å². The minimum atomic E-state index is -0.628. The molecule has 15 heavy (non-hydrogen) atoms. The highest BCUT2D eigenvalue weighted by Crippen LogP contribution is 2.34. The van der Waals surface area contributed by atoms with Gasteiger partial charge in [0.15, 0.2) is 5.75 Å². The van der Waals surface area contributed by atoms with Crippen LogP contribution in [0.4, 0.5) is 5.69 Å². The first-order valence-electron chi connectivity index (χ1n) is 4.16. The minimum absolute atomic E-state index is 0.0717. The molecule has 0 saturated heterocycles. The highest BCUT2D eigenvalue weighted by Gasteiger charge is 2.11. The normalized spacial score (nSPS) is 12.3. The molecule has 0 fully saturated rings. The topological polar surface area (TPSA) is 75.4 Å². The fourth-order valence-electron chi connectivity index (χ4n) is 0.894. The molecule has 0 aromatic heterocycles. The maximum atomic E-state index is 11.2. The first-order valence-corrected chi connectivity index (χ1v) is 4.92. The molecule has 0 unspecified atom stereocenters. The Bertz CT molecular complexity index is 371. The summed E-state index contributed by atoms with van der Waals surface area (Å²) >= 11 is 11.3. The van der Waals surface area contributed by atoms with Gasteiger partial charge in [0.1, 0.15) is 0 Å². The van der Waals surface area contributed by atoms with Crippen LogP contribution in [0.1, 0.15) is 6.92 Å². The van der Waals surface area contributed by atoms with Crippen LogP contribution in [0.15, 0.2) is 12.1 Å². The van der Waals surface area contributed by atoms with E-state index in [1.54, 1.807) is 6.92 Å². The first-order chi connectivity index (χ1) is 6.91. The summed E-state index contributed by atoms with van der Waals surface area (Å²) in [6.45, 7) is 1.55. The monoisotopic (exact) mass is 248 g/mol. The molecule has 0 radical (unpaired) electrons. The summed E-state index contributed by atoms with van der Waals surface area (Å²) in [6, 6.07) is 2.16. The minimum Gasteiger partial charge on any atom is -0.505 e. The number of phenolic OH excluding ortho intramolecular Hbond substituents is 1. The Hall–Kier alpha value is -0.970. The zero-order chi connectivity index (χ0) is 11.6. The molecule has 0 aliphatic rings. The van der Waals surface area contributed by atoms with Crippen LogP contribution in [0, 0.1) is 0 Å². The van der Waals surface area contributed by atoms with Gasteiger partial charge < -0.3 is 16.2 Å². The van der Waals surface area contributed by atoms with Crippen molar-refractivity contribution in [1.82, 2.24) is 0 Å². The Morgan fingerprint density at radius 3 is 2.33 bits per heavy atom. The number of carbonyl (C=O) groups is 1. The number of anilines is 1. The Kier molecular flexibility index (Phi) is 3.79. The number of benzene rings is 1. The molecule has 1 amide bonds. The van der Waals surface area contributed by atoms with Crippen molar-refractivity contribution < 1.29 is 9.90 Å². The molecule has 6 heteroatoms. The highest BCUT2D eigenvalue weighted by molar-refractivity contribution is 6.37. The van der Waals surface area contributed by atoms with Crippen molar-refractivity contribution in [2.75, 3.05) is 5.32 Å². The van der Waals surface area contributed by atoms with E-state index >= 15 is 0 Å². The summed E-state index contributed by atoms with van der Waals surface area (Å²) in [7, 11) is 0. The fraction of sp³-hybridized carbons (Fsp3) is 0.222. The molecule has 0 aliphatic carbocycles. The van der Waals surface area contributed by atoms with Crippen LogP contribution < -0.4 is 11.1 Å². The molecule has 0 spiro atoms. The van der Waals surface area contributed by atoms with Gasteiger partial charge in [-0.05, 0) is 19.1 Å². The van der Waals surface area contributed by atoms with Gasteiger partial charge in [0.2, 0.25) is 5.91 Å². The molecule has 1 aromatic rings. The lowest BCUT2D eigenvalue weighted by atomic mass is 10.2. The number of nitrogens with one attached hydrogen (secondary N) is 1. The van der Waals surface area contributed by atoms with Crippen molar-refractivity contribution >= 4 is 34.8 Å². The predicted octanol–water partition coefficient (Wildman–Crippen LogP) is 1.98. The van der Waals surface area contributed by atoms with Crippen LogP contribution in [0.2, 0.25) is 10.0 Å². The van der Waals surface area contributed by atoms with E-state index < -0.39 is 6.04 Å².